The summed E-state index contributed by atoms with van der Waals surface area (Å²) in [6.07, 6.45) is -1.85. The number of ether oxygens (including phenoxy) is 1. The molecule has 0 radical (unpaired) electrons. The second-order valence-electron chi connectivity index (χ2n) is 4.45. The van der Waals surface area contributed by atoms with Gasteiger partial charge in [-0.05, 0) is 18.6 Å². The van der Waals surface area contributed by atoms with Crippen molar-refractivity contribution in [1.29, 1.82) is 0 Å². The summed E-state index contributed by atoms with van der Waals surface area (Å²) in [5.74, 6) is -2.42. The van der Waals surface area contributed by atoms with Gasteiger partial charge in [-0.1, -0.05) is 34.1 Å². The van der Waals surface area contributed by atoms with Gasteiger partial charge in [0.15, 0.2) is 5.41 Å². The molecule has 7 heteroatoms. The zero-order chi connectivity index (χ0) is 16.0. The van der Waals surface area contributed by atoms with E-state index in [9.17, 15) is 19.8 Å². The molecule has 2 unspecified atom stereocenters. The fraction of sp³-hybridized carbons (Fsp3) is 0.429. The lowest BCUT2D eigenvalue weighted by Gasteiger charge is -2.30. The fourth-order valence-electron chi connectivity index (χ4n) is 2.07. The van der Waals surface area contributed by atoms with Gasteiger partial charge in [0.25, 0.3) is 0 Å². The Morgan fingerprint density at radius 3 is 2.48 bits per heavy atom. The maximum atomic E-state index is 12.3. The van der Waals surface area contributed by atoms with Crippen LogP contribution in [0.15, 0.2) is 28.7 Å². The number of carbonyl (C=O) groups excluding carboxylic acids is 1. The highest BCUT2D eigenvalue weighted by Gasteiger charge is 2.51. The van der Waals surface area contributed by atoms with Gasteiger partial charge < -0.3 is 20.1 Å². The highest BCUT2D eigenvalue weighted by atomic mass is 79.9. The number of esters is 1. The van der Waals surface area contributed by atoms with Gasteiger partial charge in [0.1, 0.15) is 0 Å². The molecule has 0 saturated heterocycles. The van der Waals surface area contributed by atoms with E-state index in [0.29, 0.717) is 4.47 Å². The van der Waals surface area contributed by atoms with Crippen LogP contribution in [0, 0.1) is 0 Å². The summed E-state index contributed by atoms with van der Waals surface area (Å²) < 4.78 is 5.30. The van der Waals surface area contributed by atoms with Crippen molar-refractivity contribution in [2.24, 2.45) is 0 Å². The summed E-state index contributed by atoms with van der Waals surface area (Å²) in [7, 11) is 0. The highest BCUT2D eigenvalue weighted by molar-refractivity contribution is 9.10. The van der Waals surface area contributed by atoms with Crippen molar-refractivity contribution in [1.82, 2.24) is 0 Å². The van der Waals surface area contributed by atoms with Crippen LogP contribution in [0.25, 0.3) is 0 Å². The van der Waals surface area contributed by atoms with Gasteiger partial charge in [0, 0.05) is 10.9 Å². The number of benzene rings is 1. The molecule has 21 heavy (non-hydrogen) atoms. The molecule has 0 aliphatic carbocycles. The van der Waals surface area contributed by atoms with Crippen molar-refractivity contribution in [2.45, 2.75) is 24.9 Å². The number of aliphatic hydroxyl groups is 2. The molecule has 0 amide bonds. The first kappa shape index (κ1) is 17.6. The van der Waals surface area contributed by atoms with Gasteiger partial charge in [0.2, 0.25) is 0 Å². The Hall–Kier alpha value is -1.44. The third kappa shape index (κ3) is 3.61. The summed E-state index contributed by atoms with van der Waals surface area (Å²) >= 11 is 3.22. The number of aliphatic hydroxyl groups excluding tert-OH is 2. The Bertz CT molecular complexity index is 518. The predicted octanol–water partition coefficient (Wildman–Crippen LogP) is 1.08. The van der Waals surface area contributed by atoms with Gasteiger partial charge >= 0.3 is 11.9 Å². The van der Waals surface area contributed by atoms with Gasteiger partial charge in [-0.15, -0.1) is 0 Å². The largest absolute Gasteiger partial charge is 0.480 e. The van der Waals surface area contributed by atoms with E-state index in [0.717, 1.165) is 0 Å². The Balaban J connectivity index is 3.48. The van der Waals surface area contributed by atoms with Gasteiger partial charge in [-0.2, -0.15) is 0 Å². The second kappa shape index (κ2) is 7.53. The topological polar surface area (TPSA) is 104 Å². The maximum Gasteiger partial charge on any atom is 0.328 e. The minimum Gasteiger partial charge on any atom is -0.480 e. The van der Waals surface area contributed by atoms with E-state index in [2.05, 4.69) is 15.9 Å². The van der Waals surface area contributed by atoms with E-state index < -0.39 is 36.5 Å². The molecule has 0 aromatic heterocycles. The molecule has 2 atom stereocenters. The van der Waals surface area contributed by atoms with Crippen molar-refractivity contribution in [3.05, 3.63) is 34.3 Å². The number of aliphatic carboxylic acids is 1. The van der Waals surface area contributed by atoms with E-state index in [4.69, 9.17) is 9.84 Å². The van der Waals surface area contributed by atoms with Gasteiger partial charge in [-0.3, -0.25) is 9.59 Å². The molecule has 0 fully saturated rings. The van der Waals surface area contributed by atoms with Gasteiger partial charge in [0.05, 0.1) is 19.3 Å². The van der Waals surface area contributed by atoms with E-state index in [1.165, 1.54) is 6.07 Å². The number of hydrogen-bond donors (Lipinski definition) is 3. The highest BCUT2D eigenvalue weighted by Crippen LogP contribution is 2.36. The van der Waals surface area contributed by atoms with E-state index in [1.807, 2.05) is 0 Å². The van der Waals surface area contributed by atoms with Crippen LogP contribution in [0.4, 0.5) is 0 Å². The summed E-state index contributed by atoms with van der Waals surface area (Å²) in [5, 5.41) is 28.3. The van der Waals surface area contributed by atoms with E-state index in [1.54, 1.807) is 25.1 Å². The number of hydrogen-bond acceptors (Lipinski definition) is 5. The zero-order valence-electron chi connectivity index (χ0n) is 11.5. The molecule has 0 aliphatic heterocycles. The van der Waals surface area contributed by atoms with Crippen LogP contribution in [-0.2, 0) is 19.7 Å². The molecule has 3 N–H and O–H groups in total. The SMILES string of the molecule is CCOC(=O)C(CC(O)CO)(C(=O)O)c1ccccc1Br. The smallest absolute Gasteiger partial charge is 0.328 e. The molecule has 1 aromatic rings. The van der Waals surface area contributed by atoms with Crippen molar-refractivity contribution in [2.75, 3.05) is 13.2 Å². The Morgan fingerprint density at radius 1 is 1.38 bits per heavy atom. The van der Waals surface area contributed by atoms with Crippen LogP contribution in [-0.4, -0.2) is 46.6 Å². The molecule has 0 bridgehead atoms. The summed E-state index contributed by atoms with van der Waals surface area (Å²) in [6.45, 7) is 0.916. The lowest BCUT2D eigenvalue weighted by molar-refractivity contribution is -0.163. The number of rotatable bonds is 7. The molecule has 0 spiro atoms. The van der Waals surface area contributed by atoms with Gasteiger partial charge in [-0.25, -0.2) is 0 Å². The minimum absolute atomic E-state index is 0.00748. The molecular weight excluding hydrogens is 344 g/mol. The molecule has 116 valence electrons. The maximum absolute atomic E-state index is 12.3. The van der Waals surface area contributed by atoms with E-state index in [-0.39, 0.29) is 12.2 Å². The van der Waals surface area contributed by atoms with Crippen molar-refractivity contribution in [3.63, 3.8) is 0 Å². The van der Waals surface area contributed by atoms with Crippen molar-refractivity contribution >= 4 is 27.9 Å². The summed E-state index contributed by atoms with van der Waals surface area (Å²) in [6, 6.07) is 6.33. The fourth-order valence-corrected chi connectivity index (χ4v) is 2.70. The molecule has 6 nitrogen and oxygen atoms in total. The Kier molecular flexibility index (Phi) is 6.32. The van der Waals surface area contributed by atoms with Crippen LogP contribution in [0.2, 0.25) is 0 Å². The Labute approximate surface area is 130 Å². The van der Waals surface area contributed by atoms with E-state index >= 15 is 0 Å². The molecule has 0 aliphatic rings. The van der Waals surface area contributed by atoms with Crippen LogP contribution >= 0.6 is 15.9 Å². The van der Waals surface area contributed by atoms with Crippen LogP contribution in [0.5, 0.6) is 0 Å². The standard InChI is InChI=1S/C14H17BrO6/c1-2-21-13(20)14(12(18)19,7-9(17)8-16)10-5-3-4-6-11(10)15/h3-6,9,16-17H,2,7-8H2,1H3,(H,18,19). The molecular formula is C14H17BrO6. The van der Waals surface area contributed by atoms with Crippen molar-refractivity contribution in [3.8, 4) is 0 Å². The number of carboxylic acids is 1. The van der Waals surface area contributed by atoms with Crippen molar-refractivity contribution < 1.29 is 29.6 Å². The minimum atomic E-state index is -2.09. The van der Waals surface area contributed by atoms with Crippen LogP contribution < -0.4 is 0 Å². The Morgan fingerprint density at radius 2 is 2.00 bits per heavy atom. The summed E-state index contributed by atoms with van der Waals surface area (Å²) in [5.41, 5.74) is -1.92. The molecule has 1 aromatic carbocycles. The molecule has 0 saturated carbocycles. The lowest BCUT2D eigenvalue weighted by atomic mass is 9.76. The normalized spacial score (nSPS) is 15.0. The van der Waals surface area contributed by atoms with Crippen LogP contribution in [0.1, 0.15) is 18.9 Å². The second-order valence-corrected chi connectivity index (χ2v) is 5.31. The zero-order valence-corrected chi connectivity index (χ0v) is 13.0. The molecule has 0 heterocycles. The first-order valence-electron chi connectivity index (χ1n) is 6.34. The first-order chi connectivity index (χ1) is 9.90. The molecule has 1 rings (SSSR count). The monoisotopic (exact) mass is 360 g/mol. The number of carbonyl (C=O) groups is 2. The average Bonchev–Trinajstić information content (AvgIpc) is 2.45. The third-order valence-electron chi connectivity index (χ3n) is 3.08. The number of carboxylic acid groups (broad SMARTS) is 1. The average molecular weight is 361 g/mol. The lowest BCUT2D eigenvalue weighted by Crippen LogP contribution is -2.48. The third-order valence-corrected chi connectivity index (χ3v) is 3.77. The predicted molar refractivity (Wildman–Crippen MR) is 77.8 cm³/mol. The number of halogens is 1. The van der Waals surface area contributed by atoms with Crippen LogP contribution in [0.3, 0.4) is 0 Å². The first-order valence-corrected chi connectivity index (χ1v) is 7.14. The quantitative estimate of drug-likeness (QED) is 0.496. The summed E-state index contributed by atoms with van der Waals surface area (Å²) in [4.78, 5) is 24.1.